The van der Waals surface area contributed by atoms with Crippen LogP contribution in [0.25, 0.3) is 6.08 Å². The lowest BCUT2D eigenvalue weighted by molar-refractivity contribution is -0.124. The van der Waals surface area contributed by atoms with E-state index in [1.807, 2.05) is 44.4 Å². The zero-order valence-electron chi connectivity index (χ0n) is 24.4. The van der Waals surface area contributed by atoms with Crippen LogP contribution in [0, 0.1) is 20.8 Å². The van der Waals surface area contributed by atoms with Crippen molar-refractivity contribution in [3.05, 3.63) is 74.7 Å². The Morgan fingerprint density at radius 3 is 2.29 bits per heavy atom. The molecule has 0 atom stereocenters. The number of nitrogens with zero attached hydrogens (tertiary/aromatic N) is 3. The zero-order chi connectivity index (χ0) is 30.1. The zero-order valence-corrected chi connectivity index (χ0v) is 25.2. The lowest BCUT2D eigenvalue weighted by Gasteiger charge is -2.36. The van der Waals surface area contributed by atoms with E-state index in [1.165, 1.54) is 0 Å². The average molecular weight is 597 g/mol. The highest BCUT2D eigenvalue weighted by Gasteiger charge is 2.46. The summed E-state index contributed by atoms with van der Waals surface area (Å²) in [7, 11) is 0. The highest BCUT2D eigenvalue weighted by Crippen LogP contribution is 2.34. The van der Waals surface area contributed by atoms with Gasteiger partial charge >= 0.3 is 0 Å². The van der Waals surface area contributed by atoms with Gasteiger partial charge in [-0.1, -0.05) is 30.1 Å². The summed E-state index contributed by atoms with van der Waals surface area (Å²) in [5.41, 5.74) is 3.88. The van der Waals surface area contributed by atoms with Gasteiger partial charge in [0.05, 0.1) is 5.60 Å². The Labute approximate surface area is 250 Å². The molecule has 0 saturated carbocycles. The van der Waals surface area contributed by atoms with Gasteiger partial charge in [-0.3, -0.25) is 14.6 Å². The van der Waals surface area contributed by atoms with Crippen LogP contribution in [0.2, 0.25) is 0 Å². The molecule has 2 amide bonds. The van der Waals surface area contributed by atoms with E-state index in [0.29, 0.717) is 56.0 Å². The van der Waals surface area contributed by atoms with Gasteiger partial charge in [-0.05, 0) is 97.9 Å². The van der Waals surface area contributed by atoms with Gasteiger partial charge in [-0.2, -0.15) is 0 Å². The Kier molecular flexibility index (Phi) is 8.87. The van der Waals surface area contributed by atoms with Crippen molar-refractivity contribution in [2.45, 2.75) is 64.3 Å². The van der Waals surface area contributed by atoms with E-state index in [1.54, 1.807) is 29.0 Å². The smallest absolute Gasteiger partial charge is 0.253 e. The molecule has 42 heavy (non-hydrogen) atoms. The van der Waals surface area contributed by atoms with Crippen LogP contribution < -0.4 is 5.32 Å². The number of benzene rings is 2. The first-order valence-corrected chi connectivity index (χ1v) is 15.2. The van der Waals surface area contributed by atoms with Crippen molar-refractivity contribution in [3.8, 4) is 0 Å². The predicted octanol–water partition coefficient (Wildman–Crippen LogP) is 5.05. The van der Waals surface area contributed by atoms with E-state index in [2.05, 4.69) is 15.7 Å². The van der Waals surface area contributed by atoms with Crippen LogP contribution in [0.15, 0.2) is 40.7 Å². The van der Waals surface area contributed by atoms with Crippen molar-refractivity contribution in [2.24, 2.45) is 4.99 Å². The highest BCUT2D eigenvalue weighted by molar-refractivity contribution is 8.00. The number of carbonyl (C=O) groups is 2. The average Bonchev–Trinajstić information content (AvgIpc) is 3.29. The molecule has 2 N–H and O–H groups in total. The fourth-order valence-electron chi connectivity index (χ4n) is 6.01. The standard InChI is InChI=1S/C32H38F2N4O3S/c1-21-16-24(19-33)4-5-27(21)28-35-30(40)32(36-28)9-13-38(14-10-32)42-15-6-26-22(2)17-25(18-23(26)3)29(39)37-11-7-31(41,20-34)8-12-37/h4-6,15-18,41H,7-14,19-20H2,1-3H3,(H,35,36,40)/b15-6+. The quantitative estimate of drug-likeness (QED) is 0.437. The second-order valence-electron chi connectivity index (χ2n) is 11.7. The van der Waals surface area contributed by atoms with Gasteiger partial charge in [0, 0.05) is 37.3 Å². The van der Waals surface area contributed by atoms with E-state index in [0.717, 1.165) is 27.8 Å². The number of aliphatic imine (C=N–C) groups is 1. The fraction of sp³-hybridized carbons (Fsp3) is 0.469. The van der Waals surface area contributed by atoms with Crippen LogP contribution in [0.3, 0.4) is 0 Å². The van der Waals surface area contributed by atoms with E-state index < -0.39 is 24.5 Å². The lowest BCUT2D eigenvalue weighted by Crippen LogP contribution is -2.47. The largest absolute Gasteiger partial charge is 0.387 e. The van der Waals surface area contributed by atoms with Crippen LogP contribution in [0.1, 0.15) is 69.4 Å². The number of aryl methyl sites for hydroxylation is 3. The normalized spacial score (nSPS) is 20.3. The van der Waals surface area contributed by atoms with Gasteiger partial charge in [0.25, 0.3) is 11.8 Å². The number of nitrogens with one attached hydrogen (secondary N) is 1. The number of amides is 2. The van der Waals surface area contributed by atoms with Gasteiger partial charge in [-0.15, -0.1) is 0 Å². The first-order chi connectivity index (χ1) is 20.1. The summed E-state index contributed by atoms with van der Waals surface area (Å²) in [6, 6.07) is 9.13. The molecule has 224 valence electrons. The molecule has 0 bridgehead atoms. The van der Waals surface area contributed by atoms with Gasteiger partial charge in [0.1, 0.15) is 24.7 Å². The summed E-state index contributed by atoms with van der Waals surface area (Å²) in [4.78, 5) is 32.6. The number of alkyl halides is 2. The summed E-state index contributed by atoms with van der Waals surface area (Å²) in [5, 5.41) is 15.1. The Morgan fingerprint density at radius 2 is 1.69 bits per heavy atom. The number of piperidine rings is 2. The van der Waals surface area contributed by atoms with Crippen molar-refractivity contribution in [3.63, 3.8) is 0 Å². The molecule has 5 rings (SSSR count). The molecule has 0 radical (unpaired) electrons. The number of carbonyl (C=O) groups excluding carboxylic acids is 2. The second kappa shape index (κ2) is 12.3. The van der Waals surface area contributed by atoms with E-state index in [-0.39, 0.29) is 24.7 Å². The van der Waals surface area contributed by atoms with Crippen molar-refractivity contribution < 1.29 is 23.5 Å². The molecule has 3 aliphatic heterocycles. The minimum absolute atomic E-state index is 0.0739. The third kappa shape index (κ3) is 6.16. The Morgan fingerprint density at radius 1 is 1.02 bits per heavy atom. The molecule has 2 saturated heterocycles. The minimum Gasteiger partial charge on any atom is -0.387 e. The molecular formula is C32H38F2N4O3S. The topological polar surface area (TPSA) is 85.2 Å². The lowest BCUT2D eigenvalue weighted by atomic mass is 9.89. The Bertz CT molecular complexity index is 1400. The Hall–Kier alpha value is -3.08. The number of halogens is 2. The summed E-state index contributed by atoms with van der Waals surface area (Å²) >= 11 is 1.60. The van der Waals surface area contributed by atoms with Crippen molar-refractivity contribution in [1.29, 1.82) is 0 Å². The summed E-state index contributed by atoms with van der Waals surface area (Å²) in [5.74, 6) is 0.400. The van der Waals surface area contributed by atoms with Crippen molar-refractivity contribution in [2.75, 3.05) is 32.9 Å². The van der Waals surface area contributed by atoms with Gasteiger partial charge < -0.3 is 15.3 Å². The number of hydrogen-bond acceptors (Lipinski definition) is 6. The molecule has 0 aliphatic carbocycles. The number of aliphatic hydroxyl groups is 1. The molecule has 7 nitrogen and oxygen atoms in total. The van der Waals surface area contributed by atoms with E-state index >= 15 is 0 Å². The summed E-state index contributed by atoms with van der Waals surface area (Å²) in [6.45, 7) is 6.66. The third-order valence-corrected chi connectivity index (χ3v) is 9.67. The first kappa shape index (κ1) is 30.4. The molecular weight excluding hydrogens is 558 g/mol. The maximum atomic E-state index is 13.1. The molecule has 0 unspecified atom stereocenters. The van der Waals surface area contributed by atoms with E-state index in [9.17, 15) is 23.5 Å². The number of likely N-dealkylation sites (tertiary alicyclic amines) is 1. The molecule has 3 heterocycles. The second-order valence-corrected chi connectivity index (χ2v) is 12.7. The molecule has 2 fully saturated rings. The molecule has 1 spiro atoms. The summed E-state index contributed by atoms with van der Waals surface area (Å²) < 4.78 is 28.3. The highest BCUT2D eigenvalue weighted by atomic mass is 32.2. The van der Waals surface area contributed by atoms with Crippen LogP contribution in [0.5, 0.6) is 0 Å². The van der Waals surface area contributed by atoms with Gasteiger partial charge in [0.15, 0.2) is 0 Å². The summed E-state index contributed by atoms with van der Waals surface area (Å²) in [6.07, 6.45) is 3.77. The molecule has 3 aliphatic rings. The van der Waals surface area contributed by atoms with E-state index in [4.69, 9.17) is 4.99 Å². The number of hydrogen-bond donors (Lipinski definition) is 2. The van der Waals surface area contributed by atoms with Gasteiger partial charge in [0.2, 0.25) is 0 Å². The van der Waals surface area contributed by atoms with Crippen LogP contribution in [-0.4, -0.2) is 76.0 Å². The fourth-order valence-corrected chi connectivity index (χ4v) is 6.77. The molecule has 2 aromatic carbocycles. The first-order valence-electron chi connectivity index (χ1n) is 14.4. The van der Waals surface area contributed by atoms with Crippen molar-refractivity contribution in [1.82, 2.24) is 14.5 Å². The SMILES string of the molecule is Cc1cc(CF)ccc1C1=NC2(CCN(S/C=C/c3c(C)cc(C(=O)N4CCC(O)(CF)CC4)cc3C)CC2)C(=O)N1. The van der Waals surface area contributed by atoms with Crippen LogP contribution in [0.4, 0.5) is 8.78 Å². The minimum atomic E-state index is -1.31. The third-order valence-electron chi connectivity index (χ3n) is 8.75. The molecule has 2 aromatic rings. The van der Waals surface area contributed by atoms with Crippen LogP contribution in [-0.2, 0) is 11.5 Å². The monoisotopic (exact) mass is 596 g/mol. The predicted molar refractivity (Wildman–Crippen MR) is 163 cm³/mol. The molecule has 10 heteroatoms. The maximum absolute atomic E-state index is 13.1. The maximum Gasteiger partial charge on any atom is 0.253 e. The van der Waals surface area contributed by atoms with Gasteiger partial charge in [-0.25, -0.2) is 13.1 Å². The number of rotatable bonds is 7. The Balaban J connectivity index is 1.18. The molecule has 0 aromatic heterocycles. The van der Waals surface area contributed by atoms with Crippen LogP contribution >= 0.6 is 11.9 Å². The van der Waals surface area contributed by atoms with Crippen molar-refractivity contribution >= 4 is 35.7 Å². The number of amidine groups is 1.